The van der Waals surface area contributed by atoms with Gasteiger partial charge in [0.15, 0.2) is 0 Å². The molecule has 9 heteroatoms. The van der Waals surface area contributed by atoms with E-state index in [2.05, 4.69) is 16.0 Å². The standard InChI is InChI=1S/C26H28N4O4S/c31-25(29-24-15-6-5-14-23(24)26(32)28-20-10-3-1-4-11-20)19-27-21-12-9-13-22(18-21)35(33,34)30-16-7-2-8-17-30/h1,3-6,9-15,18,27H,2,7-8,16-17,19H2,(H,28,32)(H,29,31). The van der Waals surface area contributed by atoms with Crippen LogP contribution in [0, 0.1) is 0 Å². The van der Waals surface area contributed by atoms with Gasteiger partial charge in [0, 0.05) is 24.5 Å². The van der Waals surface area contributed by atoms with Crippen LogP contribution in [-0.2, 0) is 14.8 Å². The maximum absolute atomic E-state index is 12.9. The van der Waals surface area contributed by atoms with Crippen molar-refractivity contribution in [2.75, 3.05) is 35.6 Å². The minimum Gasteiger partial charge on any atom is -0.376 e. The summed E-state index contributed by atoms with van der Waals surface area (Å²) in [6.45, 7) is 0.959. The molecule has 0 atom stereocenters. The Morgan fingerprint density at radius 2 is 1.46 bits per heavy atom. The van der Waals surface area contributed by atoms with Crippen LogP contribution in [0.5, 0.6) is 0 Å². The second kappa shape index (κ2) is 11.2. The molecular weight excluding hydrogens is 464 g/mol. The number of amides is 2. The fourth-order valence-electron chi connectivity index (χ4n) is 3.91. The number of hydrogen-bond acceptors (Lipinski definition) is 5. The number of piperidine rings is 1. The Labute approximate surface area is 205 Å². The molecule has 8 nitrogen and oxygen atoms in total. The lowest BCUT2D eigenvalue weighted by Gasteiger charge is -2.26. The summed E-state index contributed by atoms with van der Waals surface area (Å²) in [4.78, 5) is 25.5. The Balaban J connectivity index is 1.39. The van der Waals surface area contributed by atoms with Gasteiger partial charge in [-0.25, -0.2) is 8.42 Å². The molecule has 4 rings (SSSR count). The Morgan fingerprint density at radius 3 is 2.23 bits per heavy atom. The molecular formula is C26H28N4O4S. The van der Waals surface area contributed by atoms with Crippen LogP contribution < -0.4 is 16.0 Å². The third-order valence-electron chi connectivity index (χ3n) is 5.72. The third kappa shape index (κ3) is 6.26. The molecule has 182 valence electrons. The van der Waals surface area contributed by atoms with Gasteiger partial charge in [-0.2, -0.15) is 4.31 Å². The van der Waals surface area contributed by atoms with Crippen LogP contribution in [0.2, 0.25) is 0 Å². The van der Waals surface area contributed by atoms with Crippen molar-refractivity contribution in [3.63, 3.8) is 0 Å². The fraction of sp³-hybridized carbons (Fsp3) is 0.231. The van der Waals surface area contributed by atoms with Crippen molar-refractivity contribution in [3.05, 3.63) is 84.4 Å². The van der Waals surface area contributed by atoms with E-state index in [1.807, 2.05) is 18.2 Å². The third-order valence-corrected chi connectivity index (χ3v) is 7.61. The average Bonchev–Trinajstić information content (AvgIpc) is 2.89. The molecule has 1 saturated heterocycles. The highest BCUT2D eigenvalue weighted by atomic mass is 32.2. The first-order valence-corrected chi connectivity index (χ1v) is 13.0. The molecule has 1 heterocycles. The maximum Gasteiger partial charge on any atom is 0.257 e. The van der Waals surface area contributed by atoms with Gasteiger partial charge in [-0.05, 0) is 55.3 Å². The summed E-state index contributed by atoms with van der Waals surface area (Å²) in [6, 6.07) is 22.3. The fourth-order valence-corrected chi connectivity index (χ4v) is 5.47. The molecule has 0 aliphatic carbocycles. The van der Waals surface area contributed by atoms with Gasteiger partial charge in [-0.1, -0.05) is 42.8 Å². The number of para-hydroxylation sites is 2. The number of carbonyl (C=O) groups excluding carboxylic acids is 2. The van der Waals surface area contributed by atoms with Gasteiger partial charge >= 0.3 is 0 Å². The highest BCUT2D eigenvalue weighted by molar-refractivity contribution is 7.89. The van der Waals surface area contributed by atoms with Gasteiger partial charge in [-0.15, -0.1) is 0 Å². The molecule has 3 N–H and O–H groups in total. The number of hydrogen-bond donors (Lipinski definition) is 3. The first-order chi connectivity index (χ1) is 16.9. The molecule has 0 aromatic heterocycles. The Morgan fingerprint density at radius 1 is 0.771 bits per heavy atom. The molecule has 0 unspecified atom stereocenters. The summed E-state index contributed by atoms with van der Waals surface area (Å²) >= 11 is 0. The van der Waals surface area contributed by atoms with Crippen LogP contribution in [0.3, 0.4) is 0 Å². The lowest BCUT2D eigenvalue weighted by atomic mass is 10.1. The topological polar surface area (TPSA) is 108 Å². The molecule has 35 heavy (non-hydrogen) atoms. The molecule has 0 saturated carbocycles. The molecule has 0 bridgehead atoms. The zero-order valence-electron chi connectivity index (χ0n) is 19.2. The zero-order valence-corrected chi connectivity index (χ0v) is 20.1. The molecule has 3 aromatic rings. The van der Waals surface area contributed by atoms with Gasteiger partial charge in [0.05, 0.1) is 22.7 Å². The SMILES string of the molecule is O=C(CNc1cccc(S(=O)(=O)N2CCCCC2)c1)Nc1ccccc1C(=O)Nc1ccccc1. The molecule has 1 aliphatic rings. The maximum atomic E-state index is 12.9. The van der Waals surface area contributed by atoms with E-state index < -0.39 is 10.0 Å². The summed E-state index contributed by atoms with van der Waals surface area (Å²) < 4.78 is 27.4. The molecule has 3 aromatic carbocycles. The zero-order chi connectivity index (χ0) is 24.7. The predicted molar refractivity (Wildman–Crippen MR) is 137 cm³/mol. The second-order valence-corrected chi connectivity index (χ2v) is 10.2. The van der Waals surface area contributed by atoms with Crippen molar-refractivity contribution in [2.24, 2.45) is 0 Å². The number of anilines is 3. The van der Waals surface area contributed by atoms with Crippen LogP contribution in [-0.4, -0.2) is 44.2 Å². The predicted octanol–water partition coefficient (Wildman–Crippen LogP) is 4.16. The number of benzene rings is 3. The van der Waals surface area contributed by atoms with Gasteiger partial charge in [0.1, 0.15) is 0 Å². The van der Waals surface area contributed by atoms with Crippen molar-refractivity contribution >= 4 is 38.9 Å². The summed E-state index contributed by atoms with van der Waals surface area (Å²) in [6.07, 6.45) is 2.77. The van der Waals surface area contributed by atoms with Crippen LogP contribution in [0.25, 0.3) is 0 Å². The van der Waals surface area contributed by atoms with Gasteiger partial charge < -0.3 is 16.0 Å². The number of nitrogens with one attached hydrogen (secondary N) is 3. The highest BCUT2D eigenvalue weighted by Gasteiger charge is 2.26. The van der Waals surface area contributed by atoms with E-state index in [4.69, 9.17) is 0 Å². The van der Waals surface area contributed by atoms with Crippen molar-refractivity contribution < 1.29 is 18.0 Å². The Bertz CT molecular complexity index is 1290. The largest absolute Gasteiger partial charge is 0.376 e. The molecule has 2 amide bonds. The number of rotatable bonds is 8. The number of sulfonamides is 1. The number of nitrogens with zero attached hydrogens (tertiary/aromatic N) is 1. The first kappa shape index (κ1) is 24.4. The van der Waals surface area contributed by atoms with Crippen LogP contribution in [0.1, 0.15) is 29.6 Å². The highest BCUT2D eigenvalue weighted by Crippen LogP contribution is 2.23. The van der Waals surface area contributed by atoms with E-state index in [1.165, 1.54) is 4.31 Å². The summed E-state index contributed by atoms with van der Waals surface area (Å²) in [5.41, 5.74) is 1.89. The molecule has 0 spiro atoms. The minimum absolute atomic E-state index is 0.0954. The quantitative estimate of drug-likeness (QED) is 0.438. The van der Waals surface area contributed by atoms with E-state index in [1.54, 1.807) is 60.7 Å². The molecule has 0 radical (unpaired) electrons. The van der Waals surface area contributed by atoms with Crippen molar-refractivity contribution in [2.45, 2.75) is 24.2 Å². The monoisotopic (exact) mass is 492 g/mol. The van der Waals surface area contributed by atoms with E-state index in [0.717, 1.165) is 19.3 Å². The normalized spacial score (nSPS) is 14.2. The van der Waals surface area contributed by atoms with E-state index in [-0.39, 0.29) is 23.3 Å². The first-order valence-electron chi connectivity index (χ1n) is 11.5. The van der Waals surface area contributed by atoms with Crippen LogP contribution >= 0.6 is 0 Å². The number of carbonyl (C=O) groups is 2. The van der Waals surface area contributed by atoms with E-state index in [9.17, 15) is 18.0 Å². The lowest BCUT2D eigenvalue weighted by Crippen LogP contribution is -2.35. The summed E-state index contributed by atoms with van der Waals surface area (Å²) in [5.74, 6) is -0.704. The lowest BCUT2D eigenvalue weighted by molar-refractivity contribution is -0.114. The van der Waals surface area contributed by atoms with Gasteiger partial charge in [-0.3, -0.25) is 9.59 Å². The van der Waals surface area contributed by atoms with E-state index in [0.29, 0.717) is 35.7 Å². The minimum atomic E-state index is -3.56. The van der Waals surface area contributed by atoms with Gasteiger partial charge in [0.2, 0.25) is 15.9 Å². The van der Waals surface area contributed by atoms with Gasteiger partial charge in [0.25, 0.3) is 5.91 Å². The van der Waals surface area contributed by atoms with Crippen molar-refractivity contribution in [1.29, 1.82) is 0 Å². The van der Waals surface area contributed by atoms with Crippen molar-refractivity contribution in [1.82, 2.24) is 4.31 Å². The van der Waals surface area contributed by atoms with Crippen LogP contribution in [0.15, 0.2) is 83.8 Å². The molecule has 1 aliphatic heterocycles. The van der Waals surface area contributed by atoms with Crippen LogP contribution in [0.4, 0.5) is 17.1 Å². The van der Waals surface area contributed by atoms with E-state index >= 15 is 0 Å². The smallest absolute Gasteiger partial charge is 0.257 e. The van der Waals surface area contributed by atoms with Crippen molar-refractivity contribution in [3.8, 4) is 0 Å². The Kier molecular flexibility index (Phi) is 7.79. The summed E-state index contributed by atoms with van der Waals surface area (Å²) in [7, 11) is -3.56. The molecule has 1 fully saturated rings. The Hall–Kier alpha value is -3.69. The second-order valence-electron chi connectivity index (χ2n) is 8.26. The average molecular weight is 493 g/mol. The summed E-state index contributed by atoms with van der Waals surface area (Å²) in [5, 5.41) is 8.54.